The standard InChI is InChI=1S/C23H21Cl2N3O3S2/c1-14(29)15-2-5-17(6-3-15)26-8-10-27(11-9-26)23(32)33-20-13-21(30)28(22(20)31)19-12-16(24)4-7-18(19)25/h2-7,12,20H,8-11,13H2,1H3/t20-/m1/s1. The van der Waals surface area contributed by atoms with Gasteiger partial charge in [0.25, 0.3) is 0 Å². The molecule has 2 fully saturated rings. The van der Waals surface area contributed by atoms with Gasteiger partial charge in [0.05, 0.1) is 10.7 Å². The number of thioether (sulfide) groups is 1. The molecule has 10 heteroatoms. The summed E-state index contributed by atoms with van der Waals surface area (Å²) in [5.74, 6) is -0.603. The number of benzene rings is 2. The van der Waals surface area contributed by atoms with E-state index in [1.165, 1.54) is 17.8 Å². The van der Waals surface area contributed by atoms with E-state index in [1.807, 2.05) is 24.3 Å². The highest BCUT2D eigenvalue weighted by atomic mass is 35.5. The maximum absolute atomic E-state index is 13.0. The van der Waals surface area contributed by atoms with Gasteiger partial charge in [0.15, 0.2) is 5.78 Å². The van der Waals surface area contributed by atoms with E-state index in [0.29, 0.717) is 38.7 Å². The fourth-order valence-electron chi connectivity index (χ4n) is 3.86. The minimum atomic E-state index is -0.586. The summed E-state index contributed by atoms with van der Waals surface area (Å²) in [7, 11) is 0. The fraction of sp³-hybridized carbons (Fsp3) is 0.304. The third-order valence-corrected chi connectivity index (χ3v) is 7.89. The second kappa shape index (κ2) is 10.0. The molecule has 1 atom stereocenters. The Balaban J connectivity index is 1.35. The number of imide groups is 1. The maximum atomic E-state index is 13.0. The summed E-state index contributed by atoms with van der Waals surface area (Å²) in [5.41, 5.74) is 2.06. The molecule has 33 heavy (non-hydrogen) atoms. The van der Waals surface area contributed by atoms with Gasteiger partial charge in [0.1, 0.15) is 9.57 Å². The number of hydrogen-bond acceptors (Lipinski definition) is 6. The lowest BCUT2D eigenvalue weighted by Crippen LogP contribution is -2.48. The van der Waals surface area contributed by atoms with Crippen molar-refractivity contribution < 1.29 is 14.4 Å². The Labute approximate surface area is 211 Å². The second-order valence-electron chi connectivity index (χ2n) is 7.82. The maximum Gasteiger partial charge on any atom is 0.247 e. The number of anilines is 2. The SMILES string of the molecule is CC(=O)c1ccc(N2CCN(C(=S)S[C@@H]3CC(=O)N(c4cc(Cl)ccc4Cl)C3=O)CC2)cc1. The van der Waals surface area contributed by atoms with Gasteiger partial charge in [-0.15, -0.1) is 0 Å². The molecule has 4 rings (SSSR count). The molecule has 0 radical (unpaired) electrons. The Kier molecular flexibility index (Phi) is 7.28. The topological polar surface area (TPSA) is 60.9 Å². The smallest absolute Gasteiger partial charge is 0.247 e. The van der Waals surface area contributed by atoms with Crippen LogP contribution in [0.3, 0.4) is 0 Å². The average molecular weight is 522 g/mol. The first kappa shape index (κ1) is 24.0. The van der Waals surface area contributed by atoms with E-state index in [-0.39, 0.29) is 24.0 Å². The van der Waals surface area contributed by atoms with Gasteiger partial charge < -0.3 is 9.80 Å². The van der Waals surface area contributed by atoms with E-state index in [0.717, 1.165) is 23.7 Å². The van der Waals surface area contributed by atoms with Crippen molar-refractivity contribution in [2.24, 2.45) is 0 Å². The molecule has 2 amide bonds. The molecule has 0 bridgehead atoms. The monoisotopic (exact) mass is 521 g/mol. The molecular weight excluding hydrogens is 501 g/mol. The Morgan fingerprint density at radius 1 is 1.03 bits per heavy atom. The van der Waals surface area contributed by atoms with Gasteiger partial charge >= 0.3 is 0 Å². The summed E-state index contributed by atoms with van der Waals surface area (Å²) in [6, 6.07) is 12.3. The van der Waals surface area contributed by atoms with Gasteiger partial charge in [-0.2, -0.15) is 0 Å². The molecule has 0 unspecified atom stereocenters. The highest BCUT2D eigenvalue weighted by molar-refractivity contribution is 8.23. The van der Waals surface area contributed by atoms with Crippen molar-refractivity contribution >= 4 is 80.5 Å². The number of carbonyl (C=O) groups is 3. The predicted molar refractivity (Wildman–Crippen MR) is 138 cm³/mol. The lowest BCUT2D eigenvalue weighted by atomic mass is 10.1. The summed E-state index contributed by atoms with van der Waals surface area (Å²) >= 11 is 19.1. The van der Waals surface area contributed by atoms with Gasteiger partial charge in [-0.05, 0) is 49.4 Å². The minimum Gasteiger partial charge on any atom is -0.368 e. The van der Waals surface area contributed by atoms with Crippen LogP contribution in [0.5, 0.6) is 0 Å². The van der Waals surface area contributed by atoms with Crippen molar-refractivity contribution in [3.8, 4) is 0 Å². The molecule has 172 valence electrons. The Hall–Kier alpha value is -2.13. The molecule has 2 aromatic carbocycles. The van der Waals surface area contributed by atoms with Gasteiger partial charge in [-0.1, -0.05) is 47.2 Å². The van der Waals surface area contributed by atoms with Crippen LogP contribution in [0.1, 0.15) is 23.7 Å². The molecule has 2 saturated heterocycles. The van der Waals surface area contributed by atoms with Crippen molar-refractivity contribution in [1.82, 2.24) is 4.90 Å². The van der Waals surface area contributed by atoms with E-state index < -0.39 is 5.25 Å². The minimum absolute atomic E-state index is 0.0462. The van der Waals surface area contributed by atoms with E-state index in [2.05, 4.69) is 9.80 Å². The van der Waals surface area contributed by atoms with Crippen LogP contribution in [-0.4, -0.2) is 58.2 Å². The van der Waals surface area contributed by atoms with Crippen molar-refractivity contribution in [3.63, 3.8) is 0 Å². The average Bonchev–Trinajstić information content (AvgIpc) is 3.08. The number of ketones is 1. The summed E-state index contributed by atoms with van der Waals surface area (Å²) in [5, 5.41) is 0.106. The summed E-state index contributed by atoms with van der Waals surface area (Å²) in [6.07, 6.45) is 0.0644. The van der Waals surface area contributed by atoms with Crippen LogP contribution in [0.2, 0.25) is 10.0 Å². The Morgan fingerprint density at radius 3 is 2.33 bits per heavy atom. The molecule has 6 nitrogen and oxygen atoms in total. The van der Waals surface area contributed by atoms with Crippen LogP contribution in [-0.2, 0) is 9.59 Å². The summed E-state index contributed by atoms with van der Waals surface area (Å²) in [4.78, 5) is 42.5. The van der Waals surface area contributed by atoms with Gasteiger partial charge in [-0.3, -0.25) is 14.4 Å². The molecule has 2 heterocycles. The molecular formula is C23H21Cl2N3O3S2. The van der Waals surface area contributed by atoms with E-state index in [1.54, 1.807) is 19.1 Å². The van der Waals surface area contributed by atoms with E-state index in [9.17, 15) is 14.4 Å². The quantitative estimate of drug-likeness (QED) is 0.329. The molecule has 2 aliphatic rings. The number of Topliss-reactive ketones (excluding diaryl/α,β-unsaturated/α-hetero) is 1. The van der Waals surface area contributed by atoms with Crippen LogP contribution in [0.25, 0.3) is 0 Å². The van der Waals surface area contributed by atoms with E-state index >= 15 is 0 Å². The highest BCUT2D eigenvalue weighted by Crippen LogP contribution is 2.36. The molecule has 0 aromatic heterocycles. The van der Waals surface area contributed by atoms with Crippen molar-refractivity contribution in [1.29, 1.82) is 0 Å². The van der Waals surface area contributed by atoms with Crippen molar-refractivity contribution in [3.05, 3.63) is 58.1 Å². The predicted octanol–water partition coefficient (Wildman–Crippen LogP) is 4.67. The molecule has 0 saturated carbocycles. The number of nitrogens with zero attached hydrogens (tertiary/aromatic N) is 3. The fourth-order valence-corrected chi connectivity index (χ4v) is 5.76. The highest BCUT2D eigenvalue weighted by Gasteiger charge is 2.42. The van der Waals surface area contributed by atoms with Gasteiger partial charge in [-0.25, -0.2) is 4.90 Å². The zero-order valence-electron chi connectivity index (χ0n) is 17.8. The number of halogens is 2. The first-order chi connectivity index (χ1) is 15.7. The Morgan fingerprint density at radius 2 is 1.70 bits per heavy atom. The number of thiocarbonyl (C=S) groups is 1. The number of rotatable bonds is 4. The summed E-state index contributed by atoms with van der Waals surface area (Å²) in [6.45, 7) is 4.50. The zero-order chi connectivity index (χ0) is 23.7. The number of carbonyl (C=O) groups excluding carboxylic acids is 3. The molecule has 0 spiro atoms. The molecule has 2 aliphatic heterocycles. The third kappa shape index (κ3) is 5.19. The molecule has 0 N–H and O–H groups in total. The van der Waals surface area contributed by atoms with Crippen LogP contribution in [0.4, 0.5) is 11.4 Å². The lowest BCUT2D eigenvalue weighted by molar-refractivity contribution is -0.121. The van der Waals surface area contributed by atoms with Crippen LogP contribution in [0, 0.1) is 0 Å². The van der Waals surface area contributed by atoms with Gasteiger partial charge in [0, 0.05) is 48.9 Å². The molecule has 0 aliphatic carbocycles. The lowest BCUT2D eigenvalue weighted by Gasteiger charge is -2.37. The van der Waals surface area contributed by atoms with E-state index in [4.69, 9.17) is 35.4 Å². The normalized spacial score (nSPS) is 18.8. The first-order valence-corrected chi connectivity index (χ1v) is 12.4. The molecule has 2 aromatic rings. The van der Waals surface area contributed by atoms with Crippen molar-refractivity contribution in [2.75, 3.05) is 36.0 Å². The number of hydrogen-bond donors (Lipinski definition) is 0. The first-order valence-electron chi connectivity index (χ1n) is 10.4. The van der Waals surface area contributed by atoms with Crippen LogP contribution < -0.4 is 9.80 Å². The van der Waals surface area contributed by atoms with Crippen molar-refractivity contribution in [2.45, 2.75) is 18.6 Å². The zero-order valence-corrected chi connectivity index (χ0v) is 20.9. The van der Waals surface area contributed by atoms with Crippen LogP contribution >= 0.6 is 47.2 Å². The Bertz CT molecular complexity index is 1120. The number of amides is 2. The van der Waals surface area contributed by atoms with Crippen LogP contribution in [0.15, 0.2) is 42.5 Å². The second-order valence-corrected chi connectivity index (χ2v) is 10.5. The third-order valence-electron chi connectivity index (χ3n) is 5.67. The number of piperazine rings is 1. The van der Waals surface area contributed by atoms with Gasteiger partial charge in [0.2, 0.25) is 11.8 Å². The summed E-state index contributed by atoms with van der Waals surface area (Å²) < 4.78 is 0.603. The largest absolute Gasteiger partial charge is 0.368 e.